The number of nitrogens with zero attached hydrogens (tertiary/aromatic N) is 3. The third-order valence-corrected chi connectivity index (χ3v) is 7.61. The minimum atomic E-state index is -4.72. The first-order valence-corrected chi connectivity index (χ1v) is 13.7. The third kappa shape index (κ3) is 4.85. The van der Waals surface area contributed by atoms with Gasteiger partial charge in [-0.05, 0) is 35.9 Å². The van der Waals surface area contributed by atoms with Crippen molar-refractivity contribution in [3.8, 4) is 22.5 Å². The Morgan fingerprint density at radius 2 is 1.44 bits per heavy atom. The highest BCUT2D eigenvalue weighted by Gasteiger charge is 2.34. The fourth-order valence-electron chi connectivity index (χ4n) is 5.08. The molecule has 0 atom stereocenters. The molecule has 208 valence electrons. The van der Waals surface area contributed by atoms with Gasteiger partial charge in [-0.2, -0.15) is 18.3 Å². The highest BCUT2D eigenvalue weighted by molar-refractivity contribution is 14.1. The number of aromatic nitrogens is 3. The lowest BCUT2D eigenvalue weighted by molar-refractivity contribution is -0.136. The van der Waals surface area contributed by atoms with Crippen molar-refractivity contribution < 1.29 is 30.7 Å². The summed E-state index contributed by atoms with van der Waals surface area (Å²) in [6.45, 7) is -0.574. The maximum atomic E-state index is 14.6. The van der Waals surface area contributed by atoms with Crippen LogP contribution < -0.4 is 0 Å². The lowest BCUT2D eigenvalue weighted by atomic mass is 10.0. The molecule has 0 spiro atoms. The van der Waals surface area contributed by atoms with E-state index in [-0.39, 0.29) is 22.4 Å². The summed E-state index contributed by atoms with van der Waals surface area (Å²) in [5.41, 5.74) is 1.15. The van der Waals surface area contributed by atoms with E-state index in [0.717, 1.165) is 27.5 Å². The zero-order valence-electron chi connectivity index (χ0n) is 20.8. The summed E-state index contributed by atoms with van der Waals surface area (Å²) < 4.78 is 102. The average Bonchev–Trinajstić information content (AvgIpc) is 3.47. The summed E-state index contributed by atoms with van der Waals surface area (Å²) in [5.74, 6) is -3.83. The number of benzene rings is 4. The number of halogens is 8. The van der Waals surface area contributed by atoms with Crippen molar-refractivity contribution in [2.45, 2.75) is 17.3 Å². The molecule has 4 aromatic carbocycles. The molecule has 0 saturated carbocycles. The van der Waals surface area contributed by atoms with Crippen LogP contribution in [0.15, 0.2) is 78.9 Å². The van der Waals surface area contributed by atoms with Crippen LogP contribution in [0.1, 0.15) is 11.1 Å². The van der Waals surface area contributed by atoms with Crippen molar-refractivity contribution in [3.05, 3.63) is 113 Å². The molecule has 6 aromatic rings. The molecule has 11 heteroatoms. The van der Waals surface area contributed by atoms with Crippen LogP contribution in [0, 0.1) is 23.3 Å². The van der Waals surface area contributed by atoms with Crippen molar-refractivity contribution in [1.29, 1.82) is 0 Å². The standard InChI is InChI=1S/C30H17F7IN3/c31-19-8-9-26-18(10-19)11-27(40(26)15-38)16-4-6-17(7-5-16)29-21-2-1-3-23(30(35,36)37)28(21)39-41(29)14-22-24(33)12-20(32)13-25(22)34/h1-13H,14-15H2. The van der Waals surface area contributed by atoms with Crippen LogP contribution in [0.2, 0.25) is 0 Å². The van der Waals surface area contributed by atoms with E-state index >= 15 is 0 Å². The van der Waals surface area contributed by atoms with Gasteiger partial charge in [0.2, 0.25) is 0 Å². The van der Waals surface area contributed by atoms with Crippen LogP contribution in [0.5, 0.6) is 0 Å². The molecule has 0 radical (unpaired) electrons. The van der Waals surface area contributed by atoms with Crippen molar-refractivity contribution in [3.63, 3.8) is 0 Å². The van der Waals surface area contributed by atoms with Crippen molar-refractivity contribution in [2.24, 2.45) is 0 Å². The van der Waals surface area contributed by atoms with Crippen LogP contribution in [0.4, 0.5) is 30.7 Å². The van der Waals surface area contributed by atoms with E-state index < -0.39 is 41.3 Å². The predicted molar refractivity (Wildman–Crippen MR) is 150 cm³/mol. The maximum Gasteiger partial charge on any atom is 0.418 e. The zero-order valence-corrected chi connectivity index (χ0v) is 22.9. The second-order valence-electron chi connectivity index (χ2n) is 9.41. The maximum absolute atomic E-state index is 14.6. The van der Waals surface area contributed by atoms with Crippen LogP contribution in [0.3, 0.4) is 0 Å². The van der Waals surface area contributed by atoms with Crippen LogP contribution in [-0.2, 0) is 17.3 Å². The van der Waals surface area contributed by atoms with Gasteiger partial charge in [-0.25, -0.2) is 17.6 Å². The number of hydrogen-bond acceptors (Lipinski definition) is 1. The molecule has 41 heavy (non-hydrogen) atoms. The normalized spacial score (nSPS) is 12.1. The van der Waals surface area contributed by atoms with E-state index in [1.807, 2.05) is 10.6 Å². The summed E-state index contributed by atoms with van der Waals surface area (Å²) in [5, 5.41) is 4.98. The van der Waals surface area contributed by atoms with Gasteiger partial charge in [0.1, 0.15) is 28.8 Å². The van der Waals surface area contributed by atoms with Crippen LogP contribution >= 0.6 is 22.6 Å². The molecule has 0 bridgehead atoms. The van der Waals surface area contributed by atoms with Gasteiger partial charge in [-0.15, -0.1) is 0 Å². The minimum absolute atomic E-state index is 0.132. The first kappa shape index (κ1) is 27.3. The Kier molecular flexibility index (Phi) is 6.79. The SMILES string of the molecule is Fc1cc(F)c(Cn2nc3c(C(F)(F)F)cccc3c2-c2ccc(-c3cc4cc(F)ccc4n3CI)cc2)c(F)c1. The fourth-order valence-corrected chi connectivity index (χ4v) is 5.82. The molecule has 6 rings (SSSR count). The van der Waals surface area contributed by atoms with E-state index in [0.29, 0.717) is 27.6 Å². The summed E-state index contributed by atoms with van der Waals surface area (Å²) in [7, 11) is 0. The number of rotatable bonds is 5. The van der Waals surface area contributed by atoms with Crippen LogP contribution in [-0.4, -0.2) is 14.3 Å². The van der Waals surface area contributed by atoms with Gasteiger partial charge in [-0.3, -0.25) is 4.68 Å². The molecular formula is C30H17F7IN3. The Morgan fingerprint density at radius 1 is 0.756 bits per heavy atom. The van der Waals surface area contributed by atoms with E-state index in [1.165, 1.54) is 24.3 Å². The number of fused-ring (bicyclic) bond motifs is 2. The van der Waals surface area contributed by atoms with E-state index in [1.54, 1.807) is 30.3 Å². The Labute approximate surface area is 242 Å². The summed E-state index contributed by atoms with van der Waals surface area (Å²) in [4.78, 5) is 0. The largest absolute Gasteiger partial charge is 0.418 e. The Balaban J connectivity index is 1.51. The quantitative estimate of drug-likeness (QED) is 0.101. The molecule has 0 aliphatic heterocycles. The first-order chi connectivity index (χ1) is 19.5. The number of hydrogen-bond donors (Lipinski definition) is 0. The Bertz CT molecular complexity index is 1920. The lowest BCUT2D eigenvalue weighted by Gasteiger charge is -2.12. The highest BCUT2D eigenvalue weighted by Crippen LogP contribution is 2.39. The molecule has 0 aliphatic rings. The zero-order chi connectivity index (χ0) is 29.1. The summed E-state index contributed by atoms with van der Waals surface area (Å²) in [6.07, 6.45) is -4.72. The highest BCUT2D eigenvalue weighted by atomic mass is 127. The van der Waals surface area contributed by atoms with Gasteiger partial charge in [0.15, 0.2) is 0 Å². The van der Waals surface area contributed by atoms with Crippen molar-refractivity contribution in [1.82, 2.24) is 14.3 Å². The minimum Gasteiger partial charge on any atom is -0.331 e. The molecule has 0 amide bonds. The molecular weight excluding hydrogens is 662 g/mol. The molecule has 0 N–H and O–H groups in total. The first-order valence-electron chi connectivity index (χ1n) is 12.2. The van der Waals surface area contributed by atoms with Crippen molar-refractivity contribution in [2.75, 3.05) is 0 Å². The molecule has 0 fully saturated rings. The van der Waals surface area contributed by atoms with Crippen molar-refractivity contribution >= 4 is 44.4 Å². The van der Waals surface area contributed by atoms with E-state index in [9.17, 15) is 30.7 Å². The van der Waals surface area contributed by atoms with E-state index in [4.69, 9.17) is 0 Å². The van der Waals surface area contributed by atoms with Gasteiger partial charge in [0.05, 0.1) is 22.4 Å². The predicted octanol–water partition coefficient (Wildman–Crippen LogP) is 9.34. The molecule has 2 heterocycles. The van der Waals surface area contributed by atoms with E-state index in [2.05, 4.69) is 27.7 Å². The molecule has 0 saturated heterocycles. The topological polar surface area (TPSA) is 22.8 Å². The Hall–Kier alpha value is -3.87. The molecule has 2 aromatic heterocycles. The summed E-state index contributed by atoms with van der Waals surface area (Å²) >= 11 is 2.20. The Morgan fingerprint density at radius 3 is 2.10 bits per heavy atom. The number of alkyl halides is 4. The monoisotopic (exact) mass is 679 g/mol. The second-order valence-corrected chi connectivity index (χ2v) is 10.1. The average molecular weight is 679 g/mol. The van der Waals surface area contributed by atoms with Gasteiger partial charge in [0, 0.05) is 45.2 Å². The smallest absolute Gasteiger partial charge is 0.331 e. The van der Waals surface area contributed by atoms with Gasteiger partial charge in [-0.1, -0.05) is 59.0 Å². The van der Waals surface area contributed by atoms with Gasteiger partial charge >= 0.3 is 6.18 Å². The lowest BCUT2D eigenvalue weighted by Crippen LogP contribution is -2.09. The van der Waals surface area contributed by atoms with Gasteiger partial charge in [0.25, 0.3) is 0 Å². The van der Waals surface area contributed by atoms with Gasteiger partial charge < -0.3 is 4.57 Å². The third-order valence-electron chi connectivity index (χ3n) is 6.93. The second kappa shape index (κ2) is 10.2. The molecule has 0 aliphatic carbocycles. The molecule has 0 unspecified atom stereocenters. The molecule has 3 nitrogen and oxygen atoms in total. The van der Waals surface area contributed by atoms with Crippen LogP contribution in [0.25, 0.3) is 44.3 Å². The summed E-state index contributed by atoms with van der Waals surface area (Å²) in [6, 6.07) is 17.8. The fraction of sp³-hybridized carbons (Fsp3) is 0.100.